The molecule has 1 N–H and O–H groups in total. The molecule has 136 valence electrons. The lowest BCUT2D eigenvalue weighted by Gasteiger charge is -2.21. The van der Waals surface area contributed by atoms with Crippen LogP contribution in [0.25, 0.3) is 0 Å². The first-order chi connectivity index (χ1) is 12.7. The average molecular weight is 369 g/mol. The van der Waals surface area contributed by atoms with Crippen molar-refractivity contribution in [1.29, 1.82) is 5.26 Å². The fraction of sp³-hybridized carbons (Fsp3) is 0.421. The summed E-state index contributed by atoms with van der Waals surface area (Å²) in [7, 11) is 0. The molecule has 0 unspecified atom stereocenters. The summed E-state index contributed by atoms with van der Waals surface area (Å²) in [6.07, 6.45) is 1.49. The second-order valence-corrected chi connectivity index (χ2v) is 7.25. The third kappa shape index (κ3) is 4.81. The summed E-state index contributed by atoms with van der Waals surface area (Å²) in [6.45, 7) is 6.61. The Balaban J connectivity index is 1.47. The van der Waals surface area contributed by atoms with Crippen molar-refractivity contribution in [2.24, 2.45) is 0 Å². The summed E-state index contributed by atoms with van der Waals surface area (Å²) < 4.78 is 0. The number of aromatic nitrogens is 1. The number of carbonyl (C=O) groups is 1. The van der Waals surface area contributed by atoms with E-state index in [9.17, 15) is 4.79 Å². The predicted octanol–water partition coefficient (Wildman–Crippen LogP) is 2.86. The molecular formula is C19H23N5OS. The molecular weight excluding hydrogens is 346 g/mol. The van der Waals surface area contributed by atoms with Crippen molar-refractivity contribution < 1.29 is 4.79 Å². The number of rotatable bonds is 5. The molecule has 6 nitrogen and oxygen atoms in total. The lowest BCUT2D eigenvalue weighted by molar-refractivity contribution is -0.116. The monoisotopic (exact) mass is 369 g/mol. The zero-order chi connectivity index (χ0) is 18.4. The molecule has 3 rings (SSSR count). The van der Waals surface area contributed by atoms with E-state index in [0.717, 1.165) is 50.0 Å². The molecule has 0 bridgehead atoms. The lowest BCUT2D eigenvalue weighted by atomic mass is 10.2. The van der Waals surface area contributed by atoms with Crippen LogP contribution in [0.1, 0.15) is 24.1 Å². The van der Waals surface area contributed by atoms with E-state index in [2.05, 4.69) is 31.5 Å². The molecule has 0 atom stereocenters. The van der Waals surface area contributed by atoms with E-state index in [0.29, 0.717) is 17.7 Å². The van der Waals surface area contributed by atoms with Gasteiger partial charge in [0.15, 0.2) is 5.13 Å². The van der Waals surface area contributed by atoms with Gasteiger partial charge >= 0.3 is 0 Å². The Morgan fingerprint density at radius 1 is 1.31 bits per heavy atom. The number of nitriles is 1. The number of benzene rings is 1. The van der Waals surface area contributed by atoms with Crippen LogP contribution in [0, 0.1) is 18.3 Å². The molecule has 7 heteroatoms. The number of amides is 1. The molecule has 0 radical (unpaired) electrons. The van der Waals surface area contributed by atoms with Crippen LogP contribution in [-0.2, 0) is 4.79 Å². The maximum atomic E-state index is 12.2. The number of thiazole rings is 1. The van der Waals surface area contributed by atoms with Crippen molar-refractivity contribution in [3.8, 4) is 6.07 Å². The highest BCUT2D eigenvalue weighted by Crippen LogP contribution is 2.21. The van der Waals surface area contributed by atoms with Crippen LogP contribution in [0.2, 0.25) is 0 Å². The van der Waals surface area contributed by atoms with Crippen LogP contribution >= 0.6 is 11.3 Å². The number of aryl methyl sites for hydroxylation is 1. The zero-order valence-corrected chi connectivity index (χ0v) is 15.8. The molecule has 2 heterocycles. The van der Waals surface area contributed by atoms with Crippen molar-refractivity contribution >= 4 is 28.1 Å². The minimum absolute atomic E-state index is 0.0515. The number of hydrogen-bond acceptors (Lipinski definition) is 6. The standard InChI is InChI=1S/C19H23N5OS/c1-15-14-26-19(21-15)24-9-4-8-23(11-12-24)10-7-18(25)22-17-6-3-2-5-16(17)13-20/h2-3,5-6,14H,4,7-12H2,1H3,(H,22,25). The average Bonchev–Trinajstić information content (AvgIpc) is 2.94. The molecule has 1 aromatic carbocycles. The highest BCUT2D eigenvalue weighted by Gasteiger charge is 2.18. The third-order valence-electron chi connectivity index (χ3n) is 4.44. The van der Waals surface area contributed by atoms with E-state index < -0.39 is 0 Å². The zero-order valence-electron chi connectivity index (χ0n) is 14.9. The molecule has 1 saturated heterocycles. The smallest absolute Gasteiger partial charge is 0.225 e. The predicted molar refractivity (Wildman–Crippen MR) is 105 cm³/mol. The van der Waals surface area contributed by atoms with Gasteiger partial charge < -0.3 is 15.1 Å². The van der Waals surface area contributed by atoms with Crippen LogP contribution in [-0.4, -0.2) is 48.5 Å². The molecule has 1 fully saturated rings. The van der Waals surface area contributed by atoms with Gasteiger partial charge in [-0.05, 0) is 32.0 Å². The van der Waals surface area contributed by atoms with Crippen LogP contribution < -0.4 is 10.2 Å². The van der Waals surface area contributed by atoms with E-state index in [4.69, 9.17) is 5.26 Å². The molecule has 0 spiro atoms. The summed E-state index contributed by atoms with van der Waals surface area (Å²) >= 11 is 1.70. The van der Waals surface area contributed by atoms with Gasteiger partial charge in [0, 0.05) is 38.0 Å². The Morgan fingerprint density at radius 3 is 2.92 bits per heavy atom. The number of carbonyl (C=O) groups excluding carboxylic acids is 1. The minimum Gasteiger partial charge on any atom is -0.347 e. The topological polar surface area (TPSA) is 72.3 Å². The molecule has 1 amide bonds. The van der Waals surface area contributed by atoms with E-state index in [-0.39, 0.29) is 5.91 Å². The van der Waals surface area contributed by atoms with Crippen LogP contribution in [0.15, 0.2) is 29.6 Å². The van der Waals surface area contributed by atoms with Crippen molar-refractivity contribution in [2.75, 3.05) is 42.9 Å². The van der Waals surface area contributed by atoms with Crippen LogP contribution in [0.3, 0.4) is 0 Å². The largest absolute Gasteiger partial charge is 0.347 e. The second-order valence-electron chi connectivity index (χ2n) is 6.41. The number of nitrogens with zero attached hydrogens (tertiary/aromatic N) is 4. The molecule has 1 aliphatic rings. The fourth-order valence-corrected chi connectivity index (χ4v) is 3.89. The number of para-hydroxylation sites is 1. The molecule has 1 aliphatic heterocycles. The summed E-state index contributed by atoms with van der Waals surface area (Å²) in [4.78, 5) is 21.5. The number of hydrogen-bond donors (Lipinski definition) is 1. The van der Waals surface area contributed by atoms with Gasteiger partial charge in [-0.3, -0.25) is 4.79 Å². The highest BCUT2D eigenvalue weighted by atomic mass is 32.1. The molecule has 0 saturated carbocycles. The van der Waals surface area contributed by atoms with Gasteiger partial charge in [-0.2, -0.15) is 5.26 Å². The SMILES string of the molecule is Cc1csc(N2CCCN(CCC(=O)Nc3ccccc3C#N)CC2)n1. The van der Waals surface area contributed by atoms with Gasteiger partial charge in [0.25, 0.3) is 0 Å². The number of anilines is 2. The van der Waals surface area contributed by atoms with Crippen molar-refractivity contribution in [2.45, 2.75) is 19.8 Å². The Hall–Kier alpha value is -2.43. The van der Waals surface area contributed by atoms with Gasteiger partial charge in [-0.25, -0.2) is 4.98 Å². The Labute approximate surface area is 158 Å². The fourth-order valence-electron chi connectivity index (χ4n) is 3.03. The summed E-state index contributed by atoms with van der Waals surface area (Å²) in [5.74, 6) is -0.0515. The third-order valence-corrected chi connectivity index (χ3v) is 5.46. The second kappa shape index (κ2) is 8.79. The number of nitrogens with one attached hydrogen (secondary N) is 1. The molecule has 0 aliphatic carbocycles. The Morgan fingerprint density at radius 2 is 2.15 bits per heavy atom. The highest BCUT2D eigenvalue weighted by molar-refractivity contribution is 7.13. The van der Waals surface area contributed by atoms with Gasteiger partial charge in [0.05, 0.1) is 16.9 Å². The lowest BCUT2D eigenvalue weighted by Crippen LogP contribution is -2.32. The first kappa shape index (κ1) is 18.4. The summed E-state index contributed by atoms with van der Waals surface area (Å²) in [5, 5.41) is 15.1. The Kier molecular flexibility index (Phi) is 6.21. The van der Waals surface area contributed by atoms with Gasteiger partial charge in [-0.1, -0.05) is 12.1 Å². The van der Waals surface area contributed by atoms with Gasteiger partial charge in [-0.15, -0.1) is 11.3 Å². The van der Waals surface area contributed by atoms with Crippen LogP contribution in [0.5, 0.6) is 0 Å². The van der Waals surface area contributed by atoms with Gasteiger partial charge in [0.1, 0.15) is 6.07 Å². The van der Waals surface area contributed by atoms with E-state index >= 15 is 0 Å². The normalized spacial score (nSPS) is 15.3. The summed E-state index contributed by atoms with van der Waals surface area (Å²) in [5.41, 5.74) is 2.15. The van der Waals surface area contributed by atoms with E-state index in [1.165, 1.54) is 0 Å². The van der Waals surface area contributed by atoms with Crippen LogP contribution in [0.4, 0.5) is 10.8 Å². The Bertz CT molecular complexity index is 797. The van der Waals surface area contributed by atoms with E-state index in [1.54, 1.807) is 29.5 Å². The maximum Gasteiger partial charge on any atom is 0.225 e. The van der Waals surface area contributed by atoms with E-state index in [1.807, 2.05) is 13.0 Å². The summed E-state index contributed by atoms with van der Waals surface area (Å²) in [6, 6.07) is 9.18. The van der Waals surface area contributed by atoms with Crippen molar-refractivity contribution in [1.82, 2.24) is 9.88 Å². The van der Waals surface area contributed by atoms with Crippen molar-refractivity contribution in [3.63, 3.8) is 0 Å². The quantitative estimate of drug-likeness (QED) is 0.877. The first-order valence-electron chi connectivity index (χ1n) is 8.84. The maximum absolute atomic E-state index is 12.2. The van der Waals surface area contributed by atoms with Crippen molar-refractivity contribution in [3.05, 3.63) is 40.9 Å². The molecule has 1 aromatic heterocycles. The molecule has 2 aromatic rings. The van der Waals surface area contributed by atoms with Gasteiger partial charge in [0.2, 0.25) is 5.91 Å². The molecule has 26 heavy (non-hydrogen) atoms. The first-order valence-corrected chi connectivity index (χ1v) is 9.72. The minimum atomic E-state index is -0.0515.